The van der Waals surface area contributed by atoms with Crippen molar-refractivity contribution in [2.45, 2.75) is 13.0 Å². The Hall–Kier alpha value is -1.46. The first-order valence-corrected chi connectivity index (χ1v) is 7.15. The van der Waals surface area contributed by atoms with Crippen LogP contribution in [0.5, 0.6) is 5.75 Å². The molecule has 0 amide bonds. The van der Waals surface area contributed by atoms with Gasteiger partial charge in [-0.05, 0) is 59.2 Å². The van der Waals surface area contributed by atoms with Gasteiger partial charge in [-0.3, -0.25) is 4.98 Å². The lowest BCUT2D eigenvalue weighted by Crippen LogP contribution is -2.18. The Bertz CT molecular complexity index is 592. The van der Waals surface area contributed by atoms with Gasteiger partial charge < -0.3 is 10.1 Å². The molecule has 0 radical (unpaired) electrons. The molecule has 1 aromatic carbocycles. The molecular weight excluding hydrogens is 323 g/mol. The highest BCUT2D eigenvalue weighted by atomic mass is 79.9. The van der Waals surface area contributed by atoms with Gasteiger partial charge in [0.05, 0.1) is 23.3 Å². The molecule has 3 nitrogen and oxygen atoms in total. The molecule has 0 bridgehead atoms. The molecule has 0 saturated carbocycles. The molecule has 2 aromatic rings. The highest BCUT2D eigenvalue weighted by Crippen LogP contribution is 2.26. The van der Waals surface area contributed by atoms with Crippen molar-refractivity contribution in [1.82, 2.24) is 10.3 Å². The molecule has 1 aromatic heterocycles. The summed E-state index contributed by atoms with van der Waals surface area (Å²) >= 11 is 3.16. The Kier molecular flexibility index (Phi) is 5.09. The fraction of sp³-hybridized carbons (Fsp3) is 0.267. The van der Waals surface area contributed by atoms with Gasteiger partial charge in [-0.2, -0.15) is 0 Å². The molecule has 106 valence electrons. The van der Waals surface area contributed by atoms with E-state index in [0.29, 0.717) is 16.8 Å². The molecule has 20 heavy (non-hydrogen) atoms. The maximum Gasteiger partial charge on any atom is 0.137 e. The molecule has 1 N–H and O–H groups in total. The van der Waals surface area contributed by atoms with E-state index in [-0.39, 0.29) is 11.9 Å². The number of aromatic nitrogens is 1. The van der Waals surface area contributed by atoms with Gasteiger partial charge in [0.15, 0.2) is 0 Å². The van der Waals surface area contributed by atoms with Gasteiger partial charge in [0.1, 0.15) is 11.6 Å². The summed E-state index contributed by atoms with van der Waals surface area (Å²) in [6.07, 6.45) is 3.42. The molecule has 2 rings (SSSR count). The van der Waals surface area contributed by atoms with Crippen LogP contribution < -0.4 is 10.1 Å². The van der Waals surface area contributed by atoms with Crippen molar-refractivity contribution in [3.05, 3.63) is 58.1 Å². The number of ether oxygens (including phenoxy) is 1. The maximum atomic E-state index is 13.7. The first-order valence-electron chi connectivity index (χ1n) is 6.35. The molecule has 1 unspecified atom stereocenters. The van der Waals surface area contributed by atoms with E-state index in [1.165, 1.54) is 6.07 Å². The van der Waals surface area contributed by atoms with Gasteiger partial charge in [0, 0.05) is 6.20 Å². The summed E-state index contributed by atoms with van der Waals surface area (Å²) in [5.41, 5.74) is 1.77. The van der Waals surface area contributed by atoms with Crippen molar-refractivity contribution in [1.29, 1.82) is 0 Å². The highest BCUT2D eigenvalue weighted by molar-refractivity contribution is 9.10. The fourth-order valence-corrected chi connectivity index (χ4v) is 2.30. The lowest BCUT2D eigenvalue weighted by molar-refractivity contribution is 0.338. The first-order chi connectivity index (χ1) is 9.65. The zero-order valence-corrected chi connectivity index (χ0v) is 12.9. The lowest BCUT2D eigenvalue weighted by atomic mass is 10.0. The van der Waals surface area contributed by atoms with E-state index in [4.69, 9.17) is 4.74 Å². The summed E-state index contributed by atoms with van der Waals surface area (Å²) in [6.45, 7) is 2.51. The lowest BCUT2D eigenvalue weighted by Gasteiger charge is -2.18. The van der Waals surface area contributed by atoms with Crippen LogP contribution in [0.3, 0.4) is 0 Å². The van der Waals surface area contributed by atoms with Crippen molar-refractivity contribution in [3.8, 4) is 5.75 Å². The summed E-state index contributed by atoms with van der Waals surface area (Å²) in [4.78, 5) is 4.17. The van der Waals surface area contributed by atoms with Crippen LogP contribution in [0.15, 0.2) is 41.1 Å². The standard InChI is InChI=1S/C15H16BrFN2O/c1-3-20-12-6-11(8-19-9-12)15(18-2)10-4-5-13(16)14(17)7-10/h4-9,15,18H,3H2,1-2H3. The number of halogens is 2. The van der Waals surface area contributed by atoms with E-state index in [2.05, 4.69) is 26.2 Å². The number of pyridine rings is 1. The second-order valence-electron chi connectivity index (χ2n) is 4.28. The third kappa shape index (κ3) is 3.35. The average molecular weight is 339 g/mol. The Morgan fingerprint density at radius 1 is 1.30 bits per heavy atom. The van der Waals surface area contributed by atoms with Gasteiger partial charge in [0.2, 0.25) is 0 Å². The van der Waals surface area contributed by atoms with E-state index >= 15 is 0 Å². The normalized spacial score (nSPS) is 12.2. The topological polar surface area (TPSA) is 34.1 Å². The predicted octanol–water partition coefficient (Wildman–Crippen LogP) is 3.69. The van der Waals surface area contributed by atoms with Crippen LogP contribution in [0.4, 0.5) is 4.39 Å². The van der Waals surface area contributed by atoms with Gasteiger partial charge in [-0.1, -0.05) is 6.07 Å². The van der Waals surface area contributed by atoms with Crippen LogP contribution in [0.2, 0.25) is 0 Å². The number of nitrogens with zero attached hydrogens (tertiary/aromatic N) is 1. The van der Waals surface area contributed by atoms with Crippen molar-refractivity contribution < 1.29 is 9.13 Å². The molecular formula is C15H16BrFN2O. The van der Waals surface area contributed by atoms with E-state index in [9.17, 15) is 4.39 Å². The van der Waals surface area contributed by atoms with Crippen molar-refractivity contribution in [2.24, 2.45) is 0 Å². The molecule has 1 atom stereocenters. The molecule has 0 aliphatic rings. The monoisotopic (exact) mass is 338 g/mol. The number of hydrogen-bond acceptors (Lipinski definition) is 3. The van der Waals surface area contributed by atoms with Gasteiger partial charge >= 0.3 is 0 Å². The van der Waals surface area contributed by atoms with Crippen molar-refractivity contribution >= 4 is 15.9 Å². The van der Waals surface area contributed by atoms with E-state index in [0.717, 1.165) is 11.1 Å². The summed E-state index contributed by atoms with van der Waals surface area (Å²) in [7, 11) is 1.83. The largest absolute Gasteiger partial charge is 0.492 e. The van der Waals surface area contributed by atoms with E-state index in [1.807, 2.05) is 26.1 Å². The third-order valence-corrected chi connectivity index (χ3v) is 3.59. The Labute approximate surface area is 126 Å². The minimum atomic E-state index is -0.281. The summed E-state index contributed by atoms with van der Waals surface area (Å²) in [5.74, 6) is 0.430. The zero-order chi connectivity index (χ0) is 14.5. The van der Waals surface area contributed by atoms with Crippen LogP contribution >= 0.6 is 15.9 Å². The Morgan fingerprint density at radius 3 is 2.75 bits per heavy atom. The van der Waals surface area contributed by atoms with Gasteiger partial charge in [-0.15, -0.1) is 0 Å². The first kappa shape index (κ1) is 14.9. The second kappa shape index (κ2) is 6.81. The molecule has 0 aliphatic carbocycles. The Morgan fingerprint density at radius 2 is 2.10 bits per heavy atom. The predicted molar refractivity (Wildman–Crippen MR) is 80.4 cm³/mol. The molecule has 1 heterocycles. The third-order valence-electron chi connectivity index (χ3n) is 2.94. The molecule has 0 saturated heterocycles. The zero-order valence-electron chi connectivity index (χ0n) is 11.4. The minimum absolute atomic E-state index is 0.134. The van der Waals surface area contributed by atoms with Crippen LogP contribution in [-0.2, 0) is 0 Å². The van der Waals surface area contributed by atoms with Crippen LogP contribution in [0.1, 0.15) is 24.1 Å². The number of benzene rings is 1. The van der Waals surface area contributed by atoms with E-state index < -0.39 is 0 Å². The molecule has 0 spiro atoms. The summed E-state index contributed by atoms with van der Waals surface area (Å²) < 4.78 is 19.6. The molecule has 0 aliphatic heterocycles. The smallest absolute Gasteiger partial charge is 0.137 e. The number of hydrogen-bond donors (Lipinski definition) is 1. The average Bonchev–Trinajstić information content (AvgIpc) is 2.44. The van der Waals surface area contributed by atoms with Crippen molar-refractivity contribution in [2.75, 3.05) is 13.7 Å². The van der Waals surface area contributed by atoms with Crippen molar-refractivity contribution in [3.63, 3.8) is 0 Å². The van der Waals surface area contributed by atoms with Gasteiger partial charge in [-0.25, -0.2) is 4.39 Å². The van der Waals surface area contributed by atoms with Crippen LogP contribution in [0, 0.1) is 5.82 Å². The fourth-order valence-electron chi connectivity index (χ4n) is 2.06. The van der Waals surface area contributed by atoms with Crippen LogP contribution in [-0.4, -0.2) is 18.6 Å². The minimum Gasteiger partial charge on any atom is -0.492 e. The summed E-state index contributed by atoms with van der Waals surface area (Å²) in [6, 6.07) is 6.87. The molecule has 0 fully saturated rings. The number of nitrogens with one attached hydrogen (secondary N) is 1. The maximum absolute atomic E-state index is 13.7. The van der Waals surface area contributed by atoms with Gasteiger partial charge in [0.25, 0.3) is 0 Å². The summed E-state index contributed by atoms with van der Waals surface area (Å²) in [5, 5.41) is 3.17. The SMILES string of the molecule is CCOc1cncc(C(NC)c2ccc(Br)c(F)c2)c1. The molecule has 5 heteroatoms. The number of rotatable bonds is 5. The van der Waals surface area contributed by atoms with Crippen LogP contribution in [0.25, 0.3) is 0 Å². The van der Waals surface area contributed by atoms with E-state index in [1.54, 1.807) is 18.5 Å². The Balaban J connectivity index is 2.36. The quantitative estimate of drug-likeness (QED) is 0.902. The highest BCUT2D eigenvalue weighted by Gasteiger charge is 2.14. The second-order valence-corrected chi connectivity index (χ2v) is 5.14.